The first-order chi connectivity index (χ1) is 21.2. The van der Waals surface area contributed by atoms with E-state index in [2.05, 4.69) is 4.52 Å². The van der Waals surface area contributed by atoms with Gasteiger partial charge in [-0.25, -0.2) is 4.57 Å². The minimum absolute atomic E-state index is 0.0690. The number of aryl methyl sites for hydroxylation is 1. The second-order valence-electron chi connectivity index (χ2n) is 10.0. The van der Waals surface area contributed by atoms with Gasteiger partial charge in [0.2, 0.25) is 0 Å². The number of ether oxygens (including phenoxy) is 4. The molecule has 1 fully saturated rings. The van der Waals surface area contributed by atoms with Crippen molar-refractivity contribution >= 4 is 19.8 Å². The fraction of sp³-hybridized carbons (Fsp3) is 0.355. The third-order valence-corrected chi connectivity index (χ3v) is 7.59. The van der Waals surface area contributed by atoms with Crippen molar-refractivity contribution < 1.29 is 52.1 Å². The number of phosphoric ester groups is 1. The molecule has 44 heavy (non-hydrogen) atoms. The molecule has 0 aromatic heterocycles. The number of carbonyl (C=O) groups is 2. The molecule has 0 saturated carbocycles. The van der Waals surface area contributed by atoms with Crippen LogP contribution in [0.4, 0.5) is 0 Å². The molecule has 4 atom stereocenters. The summed E-state index contributed by atoms with van der Waals surface area (Å²) in [5.74, 6) is 0.217. The van der Waals surface area contributed by atoms with Gasteiger partial charge < -0.3 is 34.7 Å². The van der Waals surface area contributed by atoms with Gasteiger partial charge in [0.1, 0.15) is 42.1 Å². The van der Waals surface area contributed by atoms with Gasteiger partial charge in [-0.3, -0.25) is 18.6 Å². The topological polar surface area (TPSA) is 173 Å². The number of phosphoric acid groups is 1. The average Bonchev–Trinajstić information content (AvgIpc) is 3.02. The van der Waals surface area contributed by atoms with Crippen LogP contribution in [0.25, 0.3) is 0 Å². The van der Waals surface area contributed by atoms with Gasteiger partial charge in [-0.05, 0) is 60.7 Å². The highest BCUT2D eigenvalue weighted by atomic mass is 31.2. The fourth-order valence-electron chi connectivity index (χ4n) is 4.35. The Bertz CT molecular complexity index is 1420. The molecular weight excluding hydrogens is 593 g/mol. The van der Waals surface area contributed by atoms with E-state index in [1.54, 1.807) is 0 Å². The van der Waals surface area contributed by atoms with Gasteiger partial charge in [-0.1, -0.05) is 48.5 Å². The number of rotatable bonds is 16. The Balaban J connectivity index is 1.26. The number of carbonyl (C=O) groups excluding carboxylic acids is 1. The number of benzene rings is 3. The van der Waals surface area contributed by atoms with E-state index in [1.807, 2.05) is 78.9 Å². The van der Waals surface area contributed by atoms with Crippen LogP contribution in [-0.4, -0.2) is 60.0 Å². The van der Waals surface area contributed by atoms with E-state index >= 15 is 0 Å². The predicted octanol–water partition coefficient (Wildman–Crippen LogP) is 4.63. The van der Waals surface area contributed by atoms with Gasteiger partial charge in [0.15, 0.2) is 0 Å². The van der Waals surface area contributed by atoms with Crippen molar-refractivity contribution in [2.75, 3.05) is 19.8 Å². The molecule has 0 aliphatic carbocycles. The monoisotopic (exact) mass is 629 g/mol. The smallest absolute Gasteiger partial charge is 0.472 e. The van der Waals surface area contributed by atoms with Crippen molar-refractivity contribution in [2.24, 2.45) is 5.73 Å². The number of hydrogen-bond acceptors (Lipinski definition) is 10. The molecule has 236 valence electrons. The molecule has 4 N–H and O–H groups in total. The molecule has 1 saturated heterocycles. The Morgan fingerprint density at radius 2 is 1.75 bits per heavy atom. The average molecular weight is 630 g/mol. The van der Waals surface area contributed by atoms with E-state index in [4.69, 9.17) is 34.3 Å². The van der Waals surface area contributed by atoms with Crippen LogP contribution in [0.5, 0.6) is 17.2 Å². The number of hydrogen-bond donors (Lipinski definition) is 3. The minimum Gasteiger partial charge on any atom is -0.489 e. The Hall–Kier alpha value is -3.77. The van der Waals surface area contributed by atoms with Crippen molar-refractivity contribution in [2.45, 2.75) is 50.5 Å². The SMILES string of the molecule is N[C@@H](COP(=O)(O)OCC1OCCCC1OC(=O)CCc1ccccc1OCc1cccc(Oc2ccccc2)c1)C(=O)O. The van der Waals surface area contributed by atoms with E-state index < -0.39 is 51.2 Å². The number of aliphatic carboxylic acids is 1. The summed E-state index contributed by atoms with van der Waals surface area (Å²) < 4.78 is 45.0. The van der Waals surface area contributed by atoms with Crippen LogP contribution >= 0.6 is 7.82 Å². The largest absolute Gasteiger partial charge is 0.489 e. The van der Waals surface area contributed by atoms with Gasteiger partial charge in [-0.2, -0.15) is 0 Å². The Morgan fingerprint density at radius 1 is 1.00 bits per heavy atom. The van der Waals surface area contributed by atoms with Crippen molar-refractivity contribution in [3.8, 4) is 17.2 Å². The van der Waals surface area contributed by atoms with Crippen LogP contribution in [0.2, 0.25) is 0 Å². The molecule has 3 unspecified atom stereocenters. The van der Waals surface area contributed by atoms with Gasteiger partial charge >= 0.3 is 19.8 Å². The normalized spacial score (nSPS) is 18.5. The quantitative estimate of drug-likeness (QED) is 0.148. The first kappa shape index (κ1) is 33.1. The third-order valence-electron chi connectivity index (χ3n) is 6.64. The fourth-order valence-corrected chi connectivity index (χ4v) is 5.11. The van der Waals surface area contributed by atoms with Crippen LogP contribution in [0, 0.1) is 0 Å². The van der Waals surface area contributed by atoms with Crippen LogP contribution in [0.15, 0.2) is 78.9 Å². The molecule has 3 aromatic carbocycles. The lowest BCUT2D eigenvalue weighted by atomic mass is 10.1. The summed E-state index contributed by atoms with van der Waals surface area (Å²) >= 11 is 0. The number of nitrogens with two attached hydrogens (primary N) is 1. The first-order valence-corrected chi connectivity index (χ1v) is 15.6. The Kier molecular flexibility index (Phi) is 12.3. The molecular formula is C31H36NO11P. The molecule has 13 heteroatoms. The molecule has 0 amide bonds. The third kappa shape index (κ3) is 10.7. The molecule has 0 bridgehead atoms. The summed E-state index contributed by atoms with van der Waals surface area (Å²) in [6, 6.07) is 23.1. The lowest BCUT2D eigenvalue weighted by molar-refractivity contribution is -0.166. The van der Waals surface area contributed by atoms with Crippen LogP contribution in [0.3, 0.4) is 0 Å². The first-order valence-electron chi connectivity index (χ1n) is 14.1. The highest BCUT2D eigenvalue weighted by Gasteiger charge is 2.33. The maximum absolute atomic E-state index is 12.8. The Labute approximate surface area is 255 Å². The summed E-state index contributed by atoms with van der Waals surface area (Å²) in [7, 11) is -4.60. The van der Waals surface area contributed by atoms with Gasteiger partial charge in [0.05, 0.1) is 13.2 Å². The molecule has 12 nitrogen and oxygen atoms in total. The molecule has 1 aliphatic heterocycles. The number of carboxylic acid groups (broad SMARTS) is 1. The lowest BCUT2D eigenvalue weighted by Gasteiger charge is -2.31. The predicted molar refractivity (Wildman–Crippen MR) is 158 cm³/mol. The second kappa shape index (κ2) is 16.3. The van der Waals surface area contributed by atoms with Gasteiger partial charge in [0.25, 0.3) is 0 Å². The minimum atomic E-state index is -4.60. The summed E-state index contributed by atoms with van der Waals surface area (Å²) in [6.45, 7) is -0.459. The highest BCUT2D eigenvalue weighted by Crippen LogP contribution is 2.43. The van der Waals surface area contributed by atoms with E-state index in [1.165, 1.54) is 0 Å². The van der Waals surface area contributed by atoms with Crippen LogP contribution in [0.1, 0.15) is 30.4 Å². The van der Waals surface area contributed by atoms with E-state index in [-0.39, 0.29) is 6.42 Å². The highest BCUT2D eigenvalue weighted by molar-refractivity contribution is 7.47. The molecule has 3 aromatic rings. The van der Waals surface area contributed by atoms with E-state index in [0.29, 0.717) is 44.0 Å². The van der Waals surface area contributed by atoms with Crippen molar-refractivity contribution in [3.63, 3.8) is 0 Å². The zero-order valence-electron chi connectivity index (χ0n) is 24.0. The molecule has 4 rings (SSSR count). The van der Waals surface area contributed by atoms with E-state index in [0.717, 1.165) is 16.9 Å². The van der Waals surface area contributed by atoms with Crippen molar-refractivity contribution in [1.82, 2.24) is 0 Å². The number of esters is 1. The number of para-hydroxylation sites is 2. The van der Waals surface area contributed by atoms with Crippen LogP contribution in [-0.2, 0) is 45.7 Å². The Morgan fingerprint density at radius 3 is 2.55 bits per heavy atom. The molecule has 0 radical (unpaired) electrons. The van der Waals surface area contributed by atoms with Crippen LogP contribution < -0.4 is 15.2 Å². The maximum atomic E-state index is 12.8. The zero-order chi connectivity index (χ0) is 31.4. The summed E-state index contributed by atoms with van der Waals surface area (Å²) in [5.41, 5.74) is 7.03. The lowest BCUT2D eigenvalue weighted by Crippen LogP contribution is -2.40. The maximum Gasteiger partial charge on any atom is 0.472 e. The van der Waals surface area contributed by atoms with Gasteiger partial charge in [-0.15, -0.1) is 0 Å². The molecule has 1 heterocycles. The van der Waals surface area contributed by atoms with E-state index in [9.17, 15) is 19.0 Å². The molecule has 0 spiro atoms. The standard InChI is InChI=1S/C31H36NO11P/c32-26(31(34)35)20-40-44(36,37)41-21-29-28(14-7-17-38-29)43-30(33)16-15-23-9-4-5-13-27(23)39-19-22-8-6-12-25(18-22)42-24-10-2-1-3-11-24/h1-6,8-13,18,26,28-29H,7,14-17,19-21,32H2,(H,34,35)(H,36,37)/t26-,28?,29?/m0/s1. The van der Waals surface area contributed by atoms with Crippen molar-refractivity contribution in [3.05, 3.63) is 90.0 Å². The van der Waals surface area contributed by atoms with Crippen molar-refractivity contribution in [1.29, 1.82) is 0 Å². The molecule has 1 aliphatic rings. The zero-order valence-corrected chi connectivity index (χ0v) is 24.9. The summed E-state index contributed by atoms with van der Waals surface area (Å²) in [4.78, 5) is 33.4. The van der Waals surface area contributed by atoms with Gasteiger partial charge in [0, 0.05) is 13.0 Å². The number of carboxylic acids is 1. The second-order valence-corrected chi connectivity index (χ2v) is 11.5. The summed E-state index contributed by atoms with van der Waals surface area (Å²) in [5, 5.41) is 8.79. The summed E-state index contributed by atoms with van der Waals surface area (Å²) in [6.07, 6.45) is 0.0389.